The van der Waals surface area contributed by atoms with Gasteiger partial charge in [0.2, 0.25) is 0 Å². The lowest BCUT2D eigenvalue weighted by molar-refractivity contribution is -0.0726. The maximum absolute atomic E-state index is 5.59. The number of morpholine rings is 1. The predicted octanol–water partition coefficient (Wildman–Crippen LogP) is 2.14. The fourth-order valence-corrected chi connectivity index (χ4v) is 2.29. The molecule has 0 amide bonds. The van der Waals surface area contributed by atoms with Gasteiger partial charge in [-0.15, -0.1) is 0 Å². The largest absolute Gasteiger partial charge is 0.378 e. The molecule has 0 aliphatic carbocycles. The second-order valence-electron chi connectivity index (χ2n) is 4.74. The van der Waals surface area contributed by atoms with Gasteiger partial charge >= 0.3 is 0 Å². The summed E-state index contributed by atoms with van der Waals surface area (Å²) >= 11 is 0. The van der Waals surface area contributed by atoms with E-state index in [1.165, 1.54) is 0 Å². The lowest BCUT2D eigenvalue weighted by atomic mass is 9.98. The molecule has 0 N–H and O–H groups in total. The molecule has 0 saturated carbocycles. The van der Waals surface area contributed by atoms with Gasteiger partial charge in [0, 0.05) is 18.1 Å². The van der Waals surface area contributed by atoms with Crippen molar-refractivity contribution in [1.29, 1.82) is 0 Å². The molecule has 2 unspecified atom stereocenters. The highest BCUT2D eigenvalue weighted by molar-refractivity contribution is 4.84. The van der Waals surface area contributed by atoms with E-state index in [2.05, 4.69) is 39.5 Å². The zero-order valence-corrected chi connectivity index (χ0v) is 9.58. The molecule has 1 heterocycles. The molecule has 2 nitrogen and oxygen atoms in total. The Bertz CT molecular complexity index is 156. The van der Waals surface area contributed by atoms with Gasteiger partial charge in [-0.1, -0.05) is 13.8 Å². The maximum atomic E-state index is 5.59. The number of nitrogens with zero attached hydrogens (tertiary/aromatic N) is 1. The van der Waals surface area contributed by atoms with Crippen molar-refractivity contribution in [3.63, 3.8) is 0 Å². The molecule has 0 spiro atoms. The van der Waals surface area contributed by atoms with Crippen LogP contribution < -0.4 is 0 Å². The molecule has 0 aromatic heterocycles. The van der Waals surface area contributed by atoms with Gasteiger partial charge in [-0.3, -0.25) is 4.90 Å². The monoisotopic (exact) mass is 185 g/mol. The van der Waals surface area contributed by atoms with Crippen LogP contribution in [-0.2, 0) is 4.74 Å². The molecule has 2 atom stereocenters. The van der Waals surface area contributed by atoms with Crippen molar-refractivity contribution in [2.75, 3.05) is 13.2 Å². The minimum absolute atomic E-state index is 0.571. The lowest BCUT2D eigenvalue weighted by Gasteiger charge is -2.45. The van der Waals surface area contributed by atoms with Gasteiger partial charge in [-0.25, -0.2) is 0 Å². The Labute approximate surface area is 82.3 Å². The normalized spacial score (nSPS) is 31.6. The van der Waals surface area contributed by atoms with E-state index in [9.17, 15) is 0 Å². The number of hydrogen-bond acceptors (Lipinski definition) is 2. The summed E-state index contributed by atoms with van der Waals surface area (Å²) in [5, 5.41) is 0. The highest BCUT2D eigenvalue weighted by atomic mass is 16.5. The quantitative estimate of drug-likeness (QED) is 0.653. The van der Waals surface area contributed by atoms with E-state index in [-0.39, 0.29) is 0 Å². The fraction of sp³-hybridized carbons (Fsp3) is 1.00. The average Bonchev–Trinajstić information content (AvgIpc) is 2.02. The van der Waals surface area contributed by atoms with E-state index in [4.69, 9.17) is 4.74 Å². The van der Waals surface area contributed by atoms with Crippen molar-refractivity contribution >= 4 is 0 Å². The molecule has 0 radical (unpaired) electrons. The van der Waals surface area contributed by atoms with Crippen LogP contribution in [0.5, 0.6) is 0 Å². The Morgan fingerprint density at radius 3 is 2.15 bits per heavy atom. The Balaban J connectivity index is 2.68. The molecule has 1 rings (SSSR count). The number of rotatable bonds is 2. The third-order valence-corrected chi connectivity index (χ3v) is 2.91. The third kappa shape index (κ3) is 2.44. The Kier molecular flexibility index (Phi) is 3.74. The topological polar surface area (TPSA) is 12.5 Å². The second-order valence-corrected chi connectivity index (χ2v) is 4.74. The Hall–Kier alpha value is -0.0800. The van der Waals surface area contributed by atoms with Crippen LogP contribution in [0.3, 0.4) is 0 Å². The van der Waals surface area contributed by atoms with Gasteiger partial charge in [0.15, 0.2) is 0 Å². The van der Waals surface area contributed by atoms with Crippen LogP contribution in [0, 0.1) is 5.92 Å². The summed E-state index contributed by atoms with van der Waals surface area (Å²) in [5.74, 6) is 0.685. The van der Waals surface area contributed by atoms with Gasteiger partial charge in [0.05, 0.1) is 13.2 Å². The van der Waals surface area contributed by atoms with Crippen molar-refractivity contribution < 1.29 is 4.74 Å². The smallest absolute Gasteiger partial charge is 0.0625 e. The fourth-order valence-electron chi connectivity index (χ4n) is 2.29. The zero-order valence-electron chi connectivity index (χ0n) is 9.58. The minimum Gasteiger partial charge on any atom is -0.378 e. The summed E-state index contributed by atoms with van der Waals surface area (Å²) < 4.78 is 5.59. The van der Waals surface area contributed by atoms with Gasteiger partial charge in [0.1, 0.15) is 0 Å². The van der Waals surface area contributed by atoms with E-state index < -0.39 is 0 Å². The third-order valence-electron chi connectivity index (χ3n) is 2.91. The molecule has 13 heavy (non-hydrogen) atoms. The molecular formula is C11H23NO. The second kappa shape index (κ2) is 4.43. The summed E-state index contributed by atoms with van der Waals surface area (Å²) in [6.45, 7) is 13.2. The molecule has 0 bridgehead atoms. The maximum Gasteiger partial charge on any atom is 0.0625 e. The van der Waals surface area contributed by atoms with Crippen molar-refractivity contribution in [3.05, 3.63) is 0 Å². The van der Waals surface area contributed by atoms with Crippen LogP contribution in [-0.4, -0.2) is 36.2 Å². The van der Waals surface area contributed by atoms with Crippen LogP contribution in [0.4, 0.5) is 0 Å². The molecule has 1 saturated heterocycles. The molecule has 1 fully saturated rings. The first-order chi connectivity index (χ1) is 6.04. The van der Waals surface area contributed by atoms with Gasteiger partial charge < -0.3 is 4.74 Å². The van der Waals surface area contributed by atoms with Crippen LogP contribution in [0.1, 0.15) is 34.6 Å². The van der Waals surface area contributed by atoms with Gasteiger partial charge in [-0.05, 0) is 26.7 Å². The molecule has 2 heteroatoms. The summed E-state index contributed by atoms with van der Waals surface area (Å²) in [4.78, 5) is 2.59. The van der Waals surface area contributed by atoms with E-state index in [0.29, 0.717) is 24.0 Å². The van der Waals surface area contributed by atoms with E-state index in [1.54, 1.807) is 0 Å². The first-order valence-corrected chi connectivity index (χ1v) is 5.39. The molecule has 1 aliphatic heterocycles. The zero-order chi connectivity index (χ0) is 10.0. The number of ether oxygens (including phenoxy) is 1. The summed E-state index contributed by atoms with van der Waals surface area (Å²) in [6.07, 6.45) is 0. The standard InChI is InChI=1S/C11H23NO/c1-8(2)11-7-13-6-10(5)12(11)9(3)4/h8-11H,6-7H2,1-5H3. The molecule has 78 valence electrons. The Morgan fingerprint density at radius 1 is 1.15 bits per heavy atom. The van der Waals surface area contributed by atoms with Crippen LogP contribution >= 0.6 is 0 Å². The average molecular weight is 185 g/mol. The van der Waals surface area contributed by atoms with E-state index in [1.807, 2.05) is 0 Å². The van der Waals surface area contributed by atoms with E-state index >= 15 is 0 Å². The van der Waals surface area contributed by atoms with Crippen LogP contribution in [0.25, 0.3) is 0 Å². The van der Waals surface area contributed by atoms with E-state index in [0.717, 1.165) is 13.2 Å². The molecule has 0 aromatic rings. The van der Waals surface area contributed by atoms with Crippen LogP contribution in [0.2, 0.25) is 0 Å². The predicted molar refractivity (Wildman–Crippen MR) is 55.9 cm³/mol. The summed E-state index contributed by atoms with van der Waals surface area (Å²) in [6, 6.07) is 1.80. The first-order valence-electron chi connectivity index (χ1n) is 5.39. The van der Waals surface area contributed by atoms with Crippen molar-refractivity contribution in [3.8, 4) is 0 Å². The molecule has 0 aromatic carbocycles. The first kappa shape index (κ1) is 11.0. The highest BCUT2D eigenvalue weighted by Crippen LogP contribution is 2.21. The van der Waals surface area contributed by atoms with Crippen LogP contribution in [0.15, 0.2) is 0 Å². The van der Waals surface area contributed by atoms with Crippen molar-refractivity contribution in [2.24, 2.45) is 5.92 Å². The van der Waals surface area contributed by atoms with Crippen molar-refractivity contribution in [1.82, 2.24) is 4.90 Å². The highest BCUT2D eigenvalue weighted by Gasteiger charge is 2.31. The van der Waals surface area contributed by atoms with Crippen molar-refractivity contribution in [2.45, 2.75) is 52.7 Å². The number of hydrogen-bond donors (Lipinski definition) is 0. The Morgan fingerprint density at radius 2 is 1.77 bits per heavy atom. The van der Waals surface area contributed by atoms with Gasteiger partial charge in [0.25, 0.3) is 0 Å². The summed E-state index contributed by atoms with van der Waals surface area (Å²) in [5.41, 5.74) is 0. The SMILES string of the molecule is CC(C)C1COCC(C)N1C(C)C. The minimum atomic E-state index is 0.571. The lowest BCUT2D eigenvalue weighted by Crippen LogP contribution is -2.55. The summed E-state index contributed by atoms with van der Waals surface area (Å²) in [7, 11) is 0. The van der Waals surface area contributed by atoms with Gasteiger partial charge in [-0.2, -0.15) is 0 Å². The molecular weight excluding hydrogens is 162 g/mol. The molecule has 1 aliphatic rings.